The summed E-state index contributed by atoms with van der Waals surface area (Å²) < 4.78 is 0. The van der Waals surface area contributed by atoms with E-state index in [-0.39, 0.29) is 0 Å². The van der Waals surface area contributed by atoms with Gasteiger partial charge < -0.3 is 5.11 Å². The van der Waals surface area contributed by atoms with Gasteiger partial charge in [-0.3, -0.25) is 0 Å². The second-order valence-corrected chi connectivity index (χ2v) is 4.74. The lowest BCUT2D eigenvalue weighted by atomic mass is 9.61. The molecule has 0 spiro atoms. The maximum Gasteiger partial charge on any atom is 0.0718 e. The highest BCUT2D eigenvalue weighted by molar-refractivity contribution is 5.19. The molecule has 1 aliphatic rings. The van der Waals surface area contributed by atoms with E-state index in [1.807, 2.05) is 18.2 Å². The van der Waals surface area contributed by atoms with Crippen LogP contribution < -0.4 is 0 Å². The zero-order chi connectivity index (χ0) is 10.2. The molecule has 0 bridgehead atoms. The molecule has 3 unspecified atom stereocenters. The predicted octanol–water partition coefficient (Wildman–Crippen LogP) is 2.64. The van der Waals surface area contributed by atoms with Gasteiger partial charge in [-0.1, -0.05) is 44.2 Å². The Labute approximate surface area is 85.8 Å². The largest absolute Gasteiger partial charge is 0.389 e. The van der Waals surface area contributed by atoms with Crippen molar-refractivity contribution in [3.05, 3.63) is 35.9 Å². The maximum absolute atomic E-state index is 10.3. The quantitative estimate of drug-likeness (QED) is 0.760. The Bertz CT molecular complexity index is 306. The maximum atomic E-state index is 10.3. The third kappa shape index (κ3) is 1.57. The van der Waals surface area contributed by atoms with Crippen LogP contribution >= 0.6 is 0 Å². The molecule has 0 aromatic heterocycles. The Hall–Kier alpha value is -0.820. The molecule has 1 fully saturated rings. The van der Waals surface area contributed by atoms with E-state index in [2.05, 4.69) is 26.0 Å². The van der Waals surface area contributed by atoms with Gasteiger partial charge >= 0.3 is 0 Å². The zero-order valence-electron chi connectivity index (χ0n) is 8.90. The minimum absolute atomic E-state index is 0.433. The van der Waals surface area contributed by atoms with Crippen LogP contribution in [0.2, 0.25) is 0 Å². The first-order chi connectivity index (χ1) is 6.62. The summed E-state index contributed by atoms with van der Waals surface area (Å²) in [5.74, 6) is 1.10. The fraction of sp³-hybridized carbons (Fsp3) is 0.538. The summed E-state index contributed by atoms with van der Waals surface area (Å²) in [5.41, 5.74) is 0.801. The first-order valence-electron chi connectivity index (χ1n) is 5.38. The van der Waals surface area contributed by atoms with Gasteiger partial charge in [-0.25, -0.2) is 0 Å². The molecule has 0 heterocycles. The fourth-order valence-electron chi connectivity index (χ4n) is 2.47. The van der Waals surface area contributed by atoms with Crippen molar-refractivity contribution in [3.63, 3.8) is 0 Å². The highest BCUT2D eigenvalue weighted by atomic mass is 16.3. The number of hydrogen-bond acceptors (Lipinski definition) is 1. The average molecular weight is 190 g/mol. The lowest BCUT2D eigenvalue weighted by Gasteiger charge is -2.49. The van der Waals surface area contributed by atoms with Gasteiger partial charge in [0.1, 0.15) is 0 Å². The fourth-order valence-corrected chi connectivity index (χ4v) is 2.47. The van der Waals surface area contributed by atoms with Crippen molar-refractivity contribution < 1.29 is 5.11 Å². The normalized spacial score (nSPS) is 36.5. The molecule has 1 aromatic rings. The first-order valence-corrected chi connectivity index (χ1v) is 5.38. The molecule has 0 radical (unpaired) electrons. The Morgan fingerprint density at radius 1 is 1.29 bits per heavy atom. The highest BCUT2D eigenvalue weighted by Crippen LogP contribution is 2.45. The summed E-state index contributed by atoms with van der Waals surface area (Å²) in [6.45, 7) is 4.36. The molecule has 14 heavy (non-hydrogen) atoms. The molecule has 3 atom stereocenters. The van der Waals surface area contributed by atoms with Crippen LogP contribution in [0.5, 0.6) is 0 Å². The van der Waals surface area contributed by atoms with Crippen LogP contribution in [0.25, 0.3) is 0 Å². The number of hydrogen-bond donors (Lipinski definition) is 1. The Morgan fingerprint density at radius 2 is 1.93 bits per heavy atom. The summed E-state index contributed by atoms with van der Waals surface area (Å²) in [6, 6.07) is 10.3. The van der Waals surface area contributed by atoms with Gasteiger partial charge in [0.25, 0.3) is 0 Å². The minimum atomic E-state index is -0.444. The Balaban J connectivity index is 2.06. The van der Waals surface area contributed by atoms with Gasteiger partial charge in [0.15, 0.2) is 0 Å². The van der Waals surface area contributed by atoms with Crippen molar-refractivity contribution in [2.45, 2.75) is 32.3 Å². The van der Waals surface area contributed by atoms with Crippen molar-refractivity contribution in [3.8, 4) is 0 Å². The molecule has 1 aliphatic carbocycles. The summed E-state index contributed by atoms with van der Waals surface area (Å²) in [4.78, 5) is 0. The molecule has 1 N–H and O–H groups in total. The van der Waals surface area contributed by atoms with Gasteiger partial charge in [-0.2, -0.15) is 0 Å². The molecule has 0 saturated heterocycles. The van der Waals surface area contributed by atoms with E-state index in [1.165, 1.54) is 5.56 Å². The van der Waals surface area contributed by atoms with Crippen LogP contribution in [0.15, 0.2) is 30.3 Å². The summed E-state index contributed by atoms with van der Waals surface area (Å²) in [7, 11) is 0. The molecule has 76 valence electrons. The second kappa shape index (κ2) is 3.39. The number of aliphatic hydroxyl groups is 1. The van der Waals surface area contributed by atoms with Gasteiger partial charge in [-0.05, 0) is 23.8 Å². The molecule has 0 amide bonds. The molecular formula is C13H18O. The average Bonchev–Trinajstić information content (AvgIpc) is 2.19. The highest BCUT2D eigenvalue weighted by Gasteiger charge is 2.47. The van der Waals surface area contributed by atoms with Crippen molar-refractivity contribution in [1.82, 2.24) is 0 Å². The van der Waals surface area contributed by atoms with Crippen LogP contribution in [-0.2, 0) is 6.42 Å². The molecular weight excluding hydrogens is 172 g/mol. The van der Waals surface area contributed by atoms with Gasteiger partial charge in [0, 0.05) is 6.42 Å². The monoisotopic (exact) mass is 190 g/mol. The van der Waals surface area contributed by atoms with E-state index in [1.54, 1.807) is 0 Å². The Kier molecular flexibility index (Phi) is 2.36. The van der Waals surface area contributed by atoms with E-state index in [9.17, 15) is 5.11 Å². The molecule has 1 nitrogen and oxygen atoms in total. The molecule has 2 rings (SSSR count). The molecule has 1 heteroatoms. The van der Waals surface area contributed by atoms with Crippen molar-refractivity contribution in [1.29, 1.82) is 0 Å². The SMILES string of the molecule is CC1CC(O)(Cc2ccccc2)C1C. The zero-order valence-corrected chi connectivity index (χ0v) is 8.90. The lowest BCUT2D eigenvalue weighted by Crippen LogP contribution is -2.53. The molecule has 1 saturated carbocycles. The van der Waals surface area contributed by atoms with Crippen LogP contribution in [0.4, 0.5) is 0 Å². The lowest BCUT2D eigenvalue weighted by molar-refractivity contribution is -0.123. The third-order valence-electron chi connectivity index (χ3n) is 3.73. The Morgan fingerprint density at radius 3 is 2.43 bits per heavy atom. The van der Waals surface area contributed by atoms with Crippen molar-refractivity contribution >= 4 is 0 Å². The van der Waals surface area contributed by atoms with Gasteiger partial charge in [0.05, 0.1) is 5.60 Å². The molecule has 1 aromatic carbocycles. The minimum Gasteiger partial charge on any atom is -0.389 e. The van der Waals surface area contributed by atoms with E-state index in [0.29, 0.717) is 11.8 Å². The van der Waals surface area contributed by atoms with Crippen LogP contribution in [0.1, 0.15) is 25.8 Å². The van der Waals surface area contributed by atoms with Gasteiger partial charge in [-0.15, -0.1) is 0 Å². The van der Waals surface area contributed by atoms with E-state index in [4.69, 9.17) is 0 Å². The van der Waals surface area contributed by atoms with Crippen molar-refractivity contribution in [2.75, 3.05) is 0 Å². The third-order valence-corrected chi connectivity index (χ3v) is 3.73. The topological polar surface area (TPSA) is 20.2 Å². The molecule has 0 aliphatic heterocycles. The van der Waals surface area contributed by atoms with E-state index >= 15 is 0 Å². The summed E-state index contributed by atoms with van der Waals surface area (Å²) in [6.07, 6.45) is 1.75. The number of rotatable bonds is 2. The van der Waals surface area contributed by atoms with Crippen LogP contribution in [0.3, 0.4) is 0 Å². The first kappa shape index (κ1) is 9.72. The standard InChI is InChI=1S/C13H18O/c1-10-8-13(14,11(10)2)9-12-6-4-3-5-7-12/h3-7,10-11,14H,8-9H2,1-2H3. The predicted molar refractivity (Wildman–Crippen MR) is 58.0 cm³/mol. The van der Waals surface area contributed by atoms with Crippen LogP contribution in [-0.4, -0.2) is 10.7 Å². The summed E-state index contributed by atoms with van der Waals surface area (Å²) in [5, 5.41) is 10.3. The van der Waals surface area contributed by atoms with Gasteiger partial charge in [0.2, 0.25) is 0 Å². The van der Waals surface area contributed by atoms with E-state index < -0.39 is 5.60 Å². The second-order valence-electron chi connectivity index (χ2n) is 4.74. The van der Waals surface area contributed by atoms with Crippen molar-refractivity contribution in [2.24, 2.45) is 11.8 Å². The smallest absolute Gasteiger partial charge is 0.0718 e. The number of benzene rings is 1. The van der Waals surface area contributed by atoms with E-state index in [0.717, 1.165) is 12.8 Å². The summed E-state index contributed by atoms with van der Waals surface area (Å²) >= 11 is 0. The van der Waals surface area contributed by atoms with Crippen LogP contribution in [0, 0.1) is 11.8 Å².